The average Bonchev–Trinajstić information content (AvgIpc) is 2.81. The number of rotatable bonds is 4. The van der Waals surface area contributed by atoms with Gasteiger partial charge in [-0.25, -0.2) is 0 Å². The highest BCUT2D eigenvalue weighted by Gasteiger charge is 2.70. The second-order valence-corrected chi connectivity index (χ2v) is 21.1. The first-order chi connectivity index (χ1) is 9.70. The van der Waals surface area contributed by atoms with Gasteiger partial charge >= 0.3 is 0 Å². The molecule has 0 atom stereocenters. The summed E-state index contributed by atoms with van der Waals surface area (Å²) < 4.78 is 13.8. The molecule has 1 aliphatic rings. The molecule has 0 saturated carbocycles. The number of hydrogen-bond acceptors (Lipinski definition) is 3. The van der Waals surface area contributed by atoms with Crippen molar-refractivity contribution in [2.24, 2.45) is 0 Å². The quantitative estimate of drug-likeness (QED) is 0.613. The smallest absolute Gasteiger partial charge is 0.286 e. The van der Waals surface area contributed by atoms with Crippen molar-refractivity contribution < 1.29 is 8.85 Å². The summed E-state index contributed by atoms with van der Waals surface area (Å²) in [5.41, 5.74) is 2.29. The third-order valence-electron chi connectivity index (χ3n) is 5.19. The molecule has 0 aromatic carbocycles. The predicted molar refractivity (Wildman–Crippen MR) is 97.5 cm³/mol. The molecule has 21 heavy (non-hydrogen) atoms. The van der Waals surface area contributed by atoms with Gasteiger partial charge in [-0.2, -0.15) is 0 Å². The summed E-state index contributed by atoms with van der Waals surface area (Å²) in [5.74, 6) is 2.02. The average molecular weight is 343 g/mol. The molecule has 2 rings (SSSR count). The Balaban J connectivity index is 2.73. The van der Waals surface area contributed by atoms with Crippen LogP contribution in [0.15, 0.2) is 10.8 Å². The molecule has 1 aromatic heterocycles. The fraction of sp³-hybridized carbons (Fsp3) is 0.750. The van der Waals surface area contributed by atoms with Gasteiger partial charge in [0.2, 0.25) is 0 Å². The zero-order valence-corrected chi connectivity index (χ0v) is 17.5. The van der Waals surface area contributed by atoms with Crippen molar-refractivity contribution in [3.63, 3.8) is 0 Å². The van der Waals surface area contributed by atoms with Gasteiger partial charge in [-0.1, -0.05) is 55.4 Å². The van der Waals surface area contributed by atoms with Crippen LogP contribution in [0.4, 0.5) is 0 Å². The van der Waals surface area contributed by atoms with Crippen molar-refractivity contribution in [1.29, 1.82) is 0 Å². The van der Waals surface area contributed by atoms with E-state index in [1.807, 2.05) is 0 Å². The maximum atomic E-state index is 6.91. The molecule has 0 spiro atoms. The van der Waals surface area contributed by atoms with E-state index in [1.54, 1.807) is 11.3 Å². The van der Waals surface area contributed by atoms with Gasteiger partial charge in [0, 0.05) is 10.8 Å². The van der Waals surface area contributed by atoms with Crippen LogP contribution in [0.1, 0.15) is 55.4 Å². The first-order valence-electron chi connectivity index (χ1n) is 8.14. The SMILES string of the molecule is CC(C)[Si]1(C(C)C)Oc2cscc2O[Si]1(C(C)C)C(C)C. The van der Waals surface area contributed by atoms with Gasteiger partial charge in [0.05, 0.1) is 0 Å². The molecular weight excluding hydrogens is 312 g/mol. The lowest BCUT2D eigenvalue weighted by molar-refractivity contribution is 0.413. The Bertz CT molecular complexity index is 436. The van der Waals surface area contributed by atoms with Gasteiger partial charge in [-0.05, 0) is 22.2 Å². The summed E-state index contributed by atoms with van der Waals surface area (Å²) in [6, 6.07) is 0. The van der Waals surface area contributed by atoms with Crippen molar-refractivity contribution in [3.05, 3.63) is 10.8 Å². The summed E-state index contributed by atoms with van der Waals surface area (Å²) in [6.45, 7) is 18.9. The number of thiophene rings is 1. The van der Waals surface area contributed by atoms with Gasteiger partial charge in [0.25, 0.3) is 15.7 Å². The van der Waals surface area contributed by atoms with Gasteiger partial charge in [0.15, 0.2) is 11.5 Å². The normalized spacial score (nSPS) is 19.8. The van der Waals surface area contributed by atoms with E-state index in [-0.39, 0.29) is 0 Å². The maximum Gasteiger partial charge on any atom is 0.286 e. The van der Waals surface area contributed by atoms with Crippen LogP contribution in [-0.2, 0) is 0 Å². The molecule has 0 N–H and O–H groups in total. The Morgan fingerprint density at radius 1 is 0.667 bits per heavy atom. The summed E-state index contributed by atoms with van der Waals surface area (Å²) in [7, 11) is -4.07. The van der Waals surface area contributed by atoms with E-state index in [1.165, 1.54) is 0 Å². The highest BCUT2D eigenvalue weighted by Crippen LogP contribution is 2.56. The van der Waals surface area contributed by atoms with Crippen molar-refractivity contribution in [3.8, 4) is 11.5 Å². The van der Waals surface area contributed by atoms with Crippen LogP contribution < -0.4 is 8.85 Å². The third kappa shape index (κ3) is 2.23. The molecule has 0 radical (unpaired) electrons. The molecule has 1 aliphatic heterocycles. The summed E-state index contributed by atoms with van der Waals surface area (Å²) in [4.78, 5) is 0. The van der Waals surface area contributed by atoms with E-state index in [0.717, 1.165) is 11.5 Å². The van der Waals surface area contributed by atoms with Crippen LogP contribution in [0.3, 0.4) is 0 Å². The lowest BCUT2D eigenvalue weighted by Gasteiger charge is -2.56. The van der Waals surface area contributed by atoms with Crippen LogP contribution in [0.25, 0.3) is 0 Å². The molecular formula is C16H30O2SSi2. The minimum absolute atomic E-state index is 0.571. The minimum Gasteiger partial charge on any atom is -0.538 e. The summed E-state index contributed by atoms with van der Waals surface area (Å²) in [6.07, 6.45) is 0. The molecule has 0 fully saturated rings. The predicted octanol–water partition coefficient (Wildman–Crippen LogP) is 6.13. The highest BCUT2D eigenvalue weighted by molar-refractivity contribution is 7.40. The molecule has 1 aromatic rings. The minimum atomic E-state index is -2.03. The van der Waals surface area contributed by atoms with Crippen molar-refractivity contribution in [2.75, 3.05) is 0 Å². The van der Waals surface area contributed by atoms with Crippen molar-refractivity contribution >= 4 is 27.0 Å². The Morgan fingerprint density at radius 3 is 1.19 bits per heavy atom. The summed E-state index contributed by atoms with van der Waals surface area (Å²) in [5, 5.41) is 4.25. The Hall–Kier alpha value is -0.266. The number of hydrogen-bond donors (Lipinski definition) is 0. The van der Waals surface area contributed by atoms with Crippen LogP contribution in [0.2, 0.25) is 22.2 Å². The first kappa shape index (κ1) is 17.1. The molecule has 0 amide bonds. The largest absolute Gasteiger partial charge is 0.538 e. The standard InChI is InChI=1S/C16H30O2SSi2/c1-11(2)20(12(3)4)17-15-9-19-10-16(15)18-21(20,13(5)6)14(7)8/h9-14H,1-8H3. The molecule has 0 aliphatic carbocycles. The molecule has 5 heteroatoms. The lowest BCUT2D eigenvalue weighted by atomic mass is 10.5. The van der Waals surface area contributed by atoms with Crippen LogP contribution >= 0.6 is 11.3 Å². The molecule has 0 saturated heterocycles. The Kier molecular flexibility index (Phi) is 4.67. The summed E-state index contributed by atoms with van der Waals surface area (Å²) >= 11 is 1.70. The monoisotopic (exact) mass is 342 g/mol. The van der Waals surface area contributed by atoms with E-state index < -0.39 is 15.7 Å². The zero-order chi connectivity index (χ0) is 16.0. The Morgan fingerprint density at radius 2 is 0.952 bits per heavy atom. The highest BCUT2D eigenvalue weighted by atomic mass is 32.1. The number of fused-ring (bicyclic) bond motifs is 1. The van der Waals surface area contributed by atoms with E-state index in [4.69, 9.17) is 8.85 Å². The van der Waals surface area contributed by atoms with Crippen molar-refractivity contribution in [2.45, 2.75) is 77.6 Å². The molecule has 2 nitrogen and oxygen atoms in total. The van der Waals surface area contributed by atoms with Crippen LogP contribution in [-0.4, -0.2) is 15.7 Å². The van der Waals surface area contributed by atoms with E-state index in [9.17, 15) is 0 Å². The van der Waals surface area contributed by atoms with Gasteiger partial charge in [-0.15, -0.1) is 11.3 Å². The fourth-order valence-electron chi connectivity index (χ4n) is 4.56. The molecule has 2 heterocycles. The van der Waals surface area contributed by atoms with E-state index >= 15 is 0 Å². The third-order valence-corrected chi connectivity index (χ3v) is 26.3. The lowest BCUT2D eigenvalue weighted by Crippen LogP contribution is -2.77. The van der Waals surface area contributed by atoms with Crippen LogP contribution in [0.5, 0.6) is 11.5 Å². The zero-order valence-electron chi connectivity index (χ0n) is 14.7. The van der Waals surface area contributed by atoms with Gasteiger partial charge in [-0.3, -0.25) is 0 Å². The topological polar surface area (TPSA) is 18.5 Å². The molecule has 0 bridgehead atoms. The molecule has 120 valence electrons. The maximum absolute atomic E-state index is 6.91. The van der Waals surface area contributed by atoms with Gasteiger partial charge in [0.1, 0.15) is 0 Å². The van der Waals surface area contributed by atoms with Crippen molar-refractivity contribution in [1.82, 2.24) is 0 Å². The first-order valence-corrected chi connectivity index (χ1v) is 14.2. The Labute approximate surface area is 135 Å². The second kappa shape index (κ2) is 5.74. The fourth-order valence-corrected chi connectivity index (χ4v) is 26.4. The van der Waals surface area contributed by atoms with Crippen LogP contribution in [0, 0.1) is 0 Å². The van der Waals surface area contributed by atoms with E-state index in [0.29, 0.717) is 22.2 Å². The molecule has 0 unspecified atom stereocenters. The van der Waals surface area contributed by atoms with Gasteiger partial charge < -0.3 is 8.85 Å². The van der Waals surface area contributed by atoms with E-state index in [2.05, 4.69) is 66.2 Å². The second-order valence-electron chi connectivity index (χ2n) is 7.51.